The summed E-state index contributed by atoms with van der Waals surface area (Å²) < 4.78 is 4.71. The second-order valence-electron chi connectivity index (χ2n) is 6.71. The van der Waals surface area contributed by atoms with Gasteiger partial charge in [-0.2, -0.15) is 0 Å². The number of halogens is 1. The summed E-state index contributed by atoms with van der Waals surface area (Å²) in [5, 5.41) is 3.20. The molecule has 0 radical (unpaired) electrons. The van der Waals surface area contributed by atoms with Crippen molar-refractivity contribution in [3.05, 3.63) is 64.7 Å². The van der Waals surface area contributed by atoms with Gasteiger partial charge in [0.05, 0.1) is 17.7 Å². The highest BCUT2D eigenvalue weighted by Gasteiger charge is 2.25. The number of hydrogen-bond acceptors (Lipinski definition) is 4. The molecule has 142 valence electrons. The summed E-state index contributed by atoms with van der Waals surface area (Å²) >= 11 is 6.02. The molecule has 0 unspecified atom stereocenters. The van der Waals surface area contributed by atoms with E-state index in [4.69, 9.17) is 16.3 Å². The van der Waals surface area contributed by atoms with Gasteiger partial charge in [0.2, 0.25) is 5.91 Å². The van der Waals surface area contributed by atoms with Crippen molar-refractivity contribution in [2.24, 2.45) is 5.92 Å². The zero-order valence-corrected chi connectivity index (χ0v) is 16.0. The number of nitrogens with one attached hydrogen (secondary N) is 1. The Bertz CT molecular complexity index is 802. The van der Waals surface area contributed by atoms with E-state index in [1.807, 2.05) is 18.2 Å². The summed E-state index contributed by atoms with van der Waals surface area (Å²) in [7, 11) is 1.30. The first-order valence-corrected chi connectivity index (χ1v) is 9.39. The van der Waals surface area contributed by atoms with Crippen LogP contribution in [0.25, 0.3) is 0 Å². The molecule has 6 heteroatoms. The largest absolute Gasteiger partial charge is 0.465 e. The minimum atomic E-state index is -0.523. The summed E-state index contributed by atoms with van der Waals surface area (Å²) in [5.74, 6) is -0.577. The molecule has 2 aromatic rings. The normalized spacial score (nSPS) is 15.3. The zero-order valence-electron chi connectivity index (χ0n) is 15.3. The summed E-state index contributed by atoms with van der Waals surface area (Å²) in [5.41, 5.74) is 2.09. The molecule has 1 aliphatic rings. The van der Waals surface area contributed by atoms with Crippen LogP contribution in [-0.4, -0.2) is 37.0 Å². The molecule has 1 fully saturated rings. The van der Waals surface area contributed by atoms with Crippen LogP contribution < -0.4 is 5.32 Å². The molecule has 1 aliphatic heterocycles. The predicted molar refractivity (Wildman–Crippen MR) is 106 cm³/mol. The molecule has 1 saturated heterocycles. The van der Waals surface area contributed by atoms with E-state index in [-0.39, 0.29) is 17.4 Å². The van der Waals surface area contributed by atoms with E-state index in [2.05, 4.69) is 22.3 Å². The highest BCUT2D eigenvalue weighted by atomic mass is 35.5. The van der Waals surface area contributed by atoms with Crippen LogP contribution in [0.4, 0.5) is 5.69 Å². The molecule has 1 heterocycles. The van der Waals surface area contributed by atoms with Crippen LogP contribution in [0.2, 0.25) is 5.02 Å². The van der Waals surface area contributed by atoms with Crippen molar-refractivity contribution in [2.75, 3.05) is 25.5 Å². The number of carbonyl (C=O) groups is 2. The highest BCUT2D eigenvalue weighted by molar-refractivity contribution is 6.33. The van der Waals surface area contributed by atoms with Gasteiger partial charge in [0.1, 0.15) is 0 Å². The van der Waals surface area contributed by atoms with Crippen LogP contribution >= 0.6 is 11.6 Å². The number of carbonyl (C=O) groups excluding carboxylic acids is 2. The maximum atomic E-state index is 12.6. The standard InChI is InChI=1S/C21H23ClN2O3/c1-27-21(26)18-13-17(7-8-19(18)22)23-20(25)16-9-11-24(12-10-16)14-15-5-3-2-4-6-15/h2-8,13,16H,9-12,14H2,1H3,(H,23,25). The fourth-order valence-electron chi connectivity index (χ4n) is 3.31. The van der Waals surface area contributed by atoms with Gasteiger partial charge in [-0.3, -0.25) is 9.69 Å². The van der Waals surface area contributed by atoms with Crippen LogP contribution in [0.1, 0.15) is 28.8 Å². The maximum Gasteiger partial charge on any atom is 0.339 e. The van der Waals surface area contributed by atoms with Crippen LogP contribution in [0.5, 0.6) is 0 Å². The number of amides is 1. The first-order chi connectivity index (χ1) is 13.1. The van der Waals surface area contributed by atoms with E-state index in [9.17, 15) is 9.59 Å². The first kappa shape index (κ1) is 19.4. The van der Waals surface area contributed by atoms with E-state index in [1.54, 1.807) is 18.2 Å². The van der Waals surface area contributed by atoms with Crippen molar-refractivity contribution < 1.29 is 14.3 Å². The average molecular weight is 387 g/mol. The van der Waals surface area contributed by atoms with Gasteiger partial charge in [0.25, 0.3) is 0 Å². The fourth-order valence-corrected chi connectivity index (χ4v) is 3.50. The van der Waals surface area contributed by atoms with Crippen LogP contribution in [0.15, 0.2) is 48.5 Å². The molecule has 0 aromatic heterocycles. The smallest absolute Gasteiger partial charge is 0.339 e. The molecule has 0 aliphatic carbocycles. The van der Waals surface area contributed by atoms with Crippen LogP contribution in [-0.2, 0) is 16.1 Å². The van der Waals surface area contributed by atoms with Crippen LogP contribution in [0.3, 0.4) is 0 Å². The average Bonchev–Trinajstić information content (AvgIpc) is 2.70. The predicted octanol–water partition coefficient (Wildman–Crippen LogP) is 3.98. The Morgan fingerprint density at radius 1 is 1.15 bits per heavy atom. The summed E-state index contributed by atoms with van der Waals surface area (Å²) in [4.78, 5) is 26.7. The number of anilines is 1. The van der Waals surface area contributed by atoms with Crippen molar-refractivity contribution in [2.45, 2.75) is 19.4 Å². The Hall–Kier alpha value is -2.37. The highest BCUT2D eigenvalue weighted by Crippen LogP contribution is 2.24. The molecular formula is C21H23ClN2O3. The molecule has 1 N–H and O–H groups in total. The van der Waals surface area contributed by atoms with Crippen molar-refractivity contribution >= 4 is 29.2 Å². The van der Waals surface area contributed by atoms with Crippen LogP contribution in [0, 0.1) is 5.92 Å². The van der Waals surface area contributed by atoms with Gasteiger partial charge in [0, 0.05) is 18.2 Å². The lowest BCUT2D eigenvalue weighted by atomic mass is 9.95. The monoisotopic (exact) mass is 386 g/mol. The number of esters is 1. The van der Waals surface area contributed by atoms with Gasteiger partial charge in [-0.25, -0.2) is 4.79 Å². The molecule has 5 nitrogen and oxygen atoms in total. The van der Waals surface area contributed by atoms with Gasteiger partial charge in [0.15, 0.2) is 0 Å². The third kappa shape index (κ3) is 5.08. The quantitative estimate of drug-likeness (QED) is 0.790. The minimum absolute atomic E-state index is 0.0208. The SMILES string of the molecule is COC(=O)c1cc(NC(=O)C2CCN(Cc3ccccc3)CC2)ccc1Cl. The lowest BCUT2D eigenvalue weighted by molar-refractivity contribution is -0.121. The number of piperidine rings is 1. The number of hydrogen-bond donors (Lipinski definition) is 1. The van der Waals surface area contributed by atoms with E-state index in [0.29, 0.717) is 10.7 Å². The molecular weight excluding hydrogens is 364 g/mol. The molecule has 0 spiro atoms. The van der Waals surface area contributed by atoms with E-state index < -0.39 is 5.97 Å². The number of nitrogens with zero attached hydrogens (tertiary/aromatic N) is 1. The maximum absolute atomic E-state index is 12.6. The van der Waals surface area contributed by atoms with Crippen molar-refractivity contribution in [3.8, 4) is 0 Å². The number of likely N-dealkylation sites (tertiary alicyclic amines) is 1. The molecule has 2 aromatic carbocycles. The fraction of sp³-hybridized carbons (Fsp3) is 0.333. The lowest BCUT2D eigenvalue weighted by Gasteiger charge is -2.31. The molecule has 3 rings (SSSR count). The van der Waals surface area contributed by atoms with E-state index >= 15 is 0 Å². The van der Waals surface area contributed by atoms with Crippen molar-refractivity contribution in [3.63, 3.8) is 0 Å². The van der Waals surface area contributed by atoms with E-state index in [1.165, 1.54) is 12.7 Å². The summed E-state index contributed by atoms with van der Waals surface area (Å²) in [6, 6.07) is 15.2. The third-order valence-electron chi connectivity index (χ3n) is 4.85. The Morgan fingerprint density at radius 2 is 1.85 bits per heavy atom. The Kier molecular flexibility index (Phi) is 6.48. The Balaban J connectivity index is 1.55. The molecule has 27 heavy (non-hydrogen) atoms. The number of ether oxygens (including phenoxy) is 1. The topological polar surface area (TPSA) is 58.6 Å². The van der Waals surface area contributed by atoms with Gasteiger partial charge in [-0.05, 0) is 49.7 Å². The van der Waals surface area contributed by atoms with E-state index in [0.717, 1.165) is 32.5 Å². The number of methoxy groups -OCH3 is 1. The Morgan fingerprint density at radius 3 is 2.52 bits per heavy atom. The van der Waals surface area contributed by atoms with Crippen molar-refractivity contribution in [1.29, 1.82) is 0 Å². The summed E-state index contributed by atoms with van der Waals surface area (Å²) in [6.07, 6.45) is 1.63. The molecule has 0 atom stereocenters. The first-order valence-electron chi connectivity index (χ1n) is 9.02. The molecule has 0 bridgehead atoms. The second-order valence-corrected chi connectivity index (χ2v) is 7.12. The second kappa shape index (κ2) is 9.02. The summed E-state index contributed by atoms with van der Waals surface area (Å²) in [6.45, 7) is 2.69. The Labute approximate surface area is 164 Å². The molecule has 0 saturated carbocycles. The zero-order chi connectivity index (χ0) is 19.2. The van der Waals surface area contributed by atoms with Gasteiger partial charge < -0.3 is 10.1 Å². The number of rotatable bonds is 5. The lowest BCUT2D eigenvalue weighted by Crippen LogP contribution is -2.37. The molecule has 1 amide bonds. The number of benzene rings is 2. The van der Waals surface area contributed by atoms with Gasteiger partial charge in [-0.1, -0.05) is 41.9 Å². The third-order valence-corrected chi connectivity index (χ3v) is 5.18. The minimum Gasteiger partial charge on any atom is -0.465 e. The van der Waals surface area contributed by atoms with Gasteiger partial charge in [-0.15, -0.1) is 0 Å². The van der Waals surface area contributed by atoms with Crippen molar-refractivity contribution in [1.82, 2.24) is 4.90 Å². The van der Waals surface area contributed by atoms with Gasteiger partial charge >= 0.3 is 5.97 Å².